The van der Waals surface area contributed by atoms with Gasteiger partial charge in [-0.25, -0.2) is 0 Å². The highest BCUT2D eigenvalue weighted by molar-refractivity contribution is 6.33. The summed E-state index contributed by atoms with van der Waals surface area (Å²) in [5.41, 5.74) is 2.42. The van der Waals surface area contributed by atoms with Crippen molar-refractivity contribution in [2.75, 3.05) is 25.0 Å². The first-order valence-electron chi connectivity index (χ1n) is 7.40. The van der Waals surface area contributed by atoms with Crippen molar-refractivity contribution in [2.24, 2.45) is 0 Å². The quantitative estimate of drug-likeness (QED) is 0.719. The first kappa shape index (κ1) is 16.3. The summed E-state index contributed by atoms with van der Waals surface area (Å²) in [5.74, 6) is 0. The van der Waals surface area contributed by atoms with Crippen molar-refractivity contribution in [1.29, 1.82) is 0 Å². The molecular weight excluding hydrogens is 256 g/mol. The van der Waals surface area contributed by atoms with E-state index < -0.39 is 0 Å². The van der Waals surface area contributed by atoms with Crippen LogP contribution in [-0.2, 0) is 6.54 Å². The number of hydrogen-bond donors (Lipinski definition) is 1. The van der Waals surface area contributed by atoms with Gasteiger partial charge in [0.15, 0.2) is 0 Å². The van der Waals surface area contributed by atoms with Crippen LogP contribution in [0.15, 0.2) is 18.2 Å². The Balaban J connectivity index is 2.81. The third-order valence-electron chi connectivity index (χ3n) is 3.30. The zero-order valence-corrected chi connectivity index (χ0v) is 13.3. The van der Waals surface area contributed by atoms with Gasteiger partial charge in [-0.15, -0.1) is 0 Å². The first-order valence-corrected chi connectivity index (χ1v) is 7.78. The highest BCUT2D eigenvalue weighted by atomic mass is 35.5. The van der Waals surface area contributed by atoms with Crippen LogP contribution in [0.3, 0.4) is 0 Å². The first-order chi connectivity index (χ1) is 9.22. The average molecular weight is 283 g/mol. The molecule has 2 nitrogen and oxygen atoms in total. The SMILES string of the molecule is CCCCN(CCCC)c1ccc(CNC)cc1Cl. The molecule has 0 aliphatic heterocycles. The number of halogens is 1. The van der Waals surface area contributed by atoms with E-state index in [1.807, 2.05) is 7.05 Å². The van der Waals surface area contributed by atoms with Crippen molar-refractivity contribution in [3.8, 4) is 0 Å². The predicted octanol–water partition coefficient (Wildman–Crippen LogP) is 4.47. The minimum Gasteiger partial charge on any atom is -0.370 e. The van der Waals surface area contributed by atoms with E-state index in [4.69, 9.17) is 11.6 Å². The molecule has 0 spiro atoms. The third kappa shape index (κ3) is 5.42. The van der Waals surface area contributed by atoms with Crippen molar-refractivity contribution in [1.82, 2.24) is 5.32 Å². The van der Waals surface area contributed by atoms with Gasteiger partial charge in [0, 0.05) is 19.6 Å². The lowest BCUT2D eigenvalue weighted by molar-refractivity contribution is 0.678. The maximum Gasteiger partial charge on any atom is 0.0642 e. The lowest BCUT2D eigenvalue weighted by Gasteiger charge is -2.26. The maximum absolute atomic E-state index is 6.45. The van der Waals surface area contributed by atoms with Crippen LogP contribution >= 0.6 is 11.6 Å². The molecule has 0 saturated carbocycles. The molecule has 1 rings (SSSR count). The summed E-state index contributed by atoms with van der Waals surface area (Å²) in [4.78, 5) is 2.43. The number of hydrogen-bond acceptors (Lipinski definition) is 2. The number of anilines is 1. The summed E-state index contributed by atoms with van der Waals surface area (Å²) in [6.45, 7) is 7.53. The summed E-state index contributed by atoms with van der Waals surface area (Å²) in [6.07, 6.45) is 4.88. The van der Waals surface area contributed by atoms with Gasteiger partial charge in [0.2, 0.25) is 0 Å². The van der Waals surface area contributed by atoms with Crippen LogP contribution in [-0.4, -0.2) is 20.1 Å². The highest BCUT2D eigenvalue weighted by Gasteiger charge is 2.10. The van der Waals surface area contributed by atoms with E-state index in [-0.39, 0.29) is 0 Å². The van der Waals surface area contributed by atoms with Crippen LogP contribution in [0.4, 0.5) is 5.69 Å². The van der Waals surface area contributed by atoms with E-state index in [2.05, 4.69) is 42.3 Å². The Morgan fingerprint density at radius 2 is 1.74 bits per heavy atom. The topological polar surface area (TPSA) is 15.3 Å². The van der Waals surface area contributed by atoms with Gasteiger partial charge in [-0.1, -0.05) is 44.4 Å². The van der Waals surface area contributed by atoms with Gasteiger partial charge < -0.3 is 10.2 Å². The summed E-state index contributed by atoms with van der Waals surface area (Å²) >= 11 is 6.45. The van der Waals surface area contributed by atoms with Crippen molar-refractivity contribution < 1.29 is 0 Å². The van der Waals surface area contributed by atoms with E-state index in [0.29, 0.717) is 0 Å². The molecule has 0 atom stereocenters. The van der Waals surface area contributed by atoms with E-state index in [1.54, 1.807) is 0 Å². The van der Waals surface area contributed by atoms with Crippen molar-refractivity contribution >= 4 is 17.3 Å². The fourth-order valence-electron chi connectivity index (χ4n) is 2.17. The van der Waals surface area contributed by atoms with E-state index >= 15 is 0 Å². The molecule has 1 aromatic rings. The Morgan fingerprint density at radius 3 is 2.21 bits per heavy atom. The van der Waals surface area contributed by atoms with Gasteiger partial charge in [-0.05, 0) is 37.6 Å². The fraction of sp³-hybridized carbons (Fsp3) is 0.625. The maximum atomic E-state index is 6.45. The smallest absolute Gasteiger partial charge is 0.0642 e. The second kappa shape index (κ2) is 9.22. The number of benzene rings is 1. The second-order valence-corrected chi connectivity index (χ2v) is 5.42. The van der Waals surface area contributed by atoms with Crippen molar-refractivity contribution in [3.05, 3.63) is 28.8 Å². The Labute approximate surface area is 123 Å². The molecule has 1 N–H and O–H groups in total. The Bertz CT molecular complexity index is 358. The molecular formula is C16H27ClN2. The molecule has 0 aliphatic carbocycles. The molecule has 0 bridgehead atoms. The molecule has 0 aliphatic rings. The lowest BCUT2D eigenvalue weighted by Crippen LogP contribution is -2.26. The molecule has 0 unspecified atom stereocenters. The molecule has 1 aromatic carbocycles. The summed E-state index contributed by atoms with van der Waals surface area (Å²) in [5, 5.41) is 4.03. The summed E-state index contributed by atoms with van der Waals surface area (Å²) < 4.78 is 0. The van der Waals surface area contributed by atoms with Crippen LogP contribution in [0.5, 0.6) is 0 Å². The summed E-state index contributed by atoms with van der Waals surface area (Å²) in [6, 6.07) is 6.42. The molecule has 0 radical (unpaired) electrons. The Kier molecular flexibility index (Phi) is 7.92. The summed E-state index contributed by atoms with van der Waals surface area (Å²) in [7, 11) is 1.95. The van der Waals surface area contributed by atoms with E-state index in [0.717, 1.165) is 24.7 Å². The largest absolute Gasteiger partial charge is 0.370 e. The molecule has 108 valence electrons. The van der Waals surface area contributed by atoms with Gasteiger partial charge in [-0.3, -0.25) is 0 Å². The van der Waals surface area contributed by atoms with Gasteiger partial charge in [0.1, 0.15) is 0 Å². The minimum atomic E-state index is 0.865. The van der Waals surface area contributed by atoms with Crippen LogP contribution in [0.1, 0.15) is 45.1 Å². The van der Waals surface area contributed by atoms with Crippen molar-refractivity contribution in [3.63, 3.8) is 0 Å². The Hall–Kier alpha value is -0.730. The van der Waals surface area contributed by atoms with Gasteiger partial charge in [0.25, 0.3) is 0 Å². The average Bonchev–Trinajstić information content (AvgIpc) is 2.40. The van der Waals surface area contributed by atoms with Crippen LogP contribution in [0, 0.1) is 0 Å². The van der Waals surface area contributed by atoms with Gasteiger partial charge in [-0.2, -0.15) is 0 Å². The van der Waals surface area contributed by atoms with E-state index in [9.17, 15) is 0 Å². The third-order valence-corrected chi connectivity index (χ3v) is 3.60. The molecule has 0 aromatic heterocycles. The minimum absolute atomic E-state index is 0.865. The standard InChI is InChI=1S/C16H27ClN2/c1-4-6-10-19(11-7-5-2)16-9-8-14(13-18-3)12-15(16)17/h8-9,12,18H,4-7,10-11,13H2,1-3H3. The molecule has 0 heterocycles. The number of nitrogens with one attached hydrogen (secondary N) is 1. The molecule has 0 amide bonds. The fourth-order valence-corrected chi connectivity index (χ4v) is 2.49. The Morgan fingerprint density at radius 1 is 1.11 bits per heavy atom. The highest BCUT2D eigenvalue weighted by Crippen LogP contribution is 2.27. The van der Waals surface area contributed by atoms with E-state index in [1.165, 1.54) is 36.9 Å². The van der Waals surface area contributed by atoms with Gasteiger partial charge >= 0.3 is 0 Å². The number of rotatable bonds is 9. The monoisotopic (exact) mass is 282 g/mol. The van der Waals surface area contributed by atoms with Gasteiger partial charge in [0.05, 0.1) is 10.7 Å². The molecule has 3 heteroatoms. The normalized spacial score (nSPS) is 10.7. The molecule has 0 fully saturated rings. The van der Waals surface area contributed by atoms with Crippen LogP contribution in [0.2, 0.25) is 5.02 Å². The lowest BCUT2D eigenvalue weighted by atomic mass is 10.1. The van der Waals surface area contributed by atoms with Crippen molar-refractivity contribution in [2.45, 2.75) is 46.1 Å². The molecule has 0 saturated heterocycles. The number of unbranched alkanes of at least 4 members (excludes halogenated alkanes) is 2. The zero-order chi connectivity index (χ0) is 14.1. The zero-order valence-electron chi connectivity index (χ0n) is 12.5. The number of nitrogens with zero attached hydrogens (tertiary/aromatic N) is 1. The molecule has 19 heavy (non-hydrogen) atoms. The van der Waals surface area contributed by atoms with Crippen LogP contribution in [0.25, 0.3) is 0 Å². The van der Waals surface area contributed by atoms with Crippen LogP contribution < -0.4 is 10.2 Å². The second-order valence-electron chi connectivity index (χ2n) is 5.01. The predicted molar refractivity (Wildman–Crippen MR) is 86.2 cm³/mol.